The highest BCUT2D eigenvalue weighted by Gasteiger charge is 2.18. The van der Waals surface area contributed by atoms with Gasteiger partial charge in [0.25, 0.3) is 0 Å². The second-order valence-corrected chi connectivity index (χ2v) is 9.54. The minimum absolute atomic E-state index is 0.0108. The van der Waals surface area contributed by atoms with Crippen LogP contribution in [-0.2, 0) is 5.75 Å². The monoisotopic (exact) mass is 598 g/mol. The largest absolute Gasteiger partial charge is 0.497 e. The fourth-order valence-electron chi connectivity index (χ4n) is 2.57. The van der Waals surface area contributed by atoms with E-state index >= 15 is 0 Å². The van der Waals surface area contributed by atoms with Crippen molar-refractivity contribution >= 4 is 71.2 Å². The second-order valence-electron chi connectivity index (χ2n) is 6.12. The van der Waals surface area contributed by atoms with Crippen LogP contribution in [0.25, 0.3) is 3.58 Å². The van der Waals surface area contributed by atoms with E-state index in [-0.39, 0.29) is 5.78 Å². The summed E-state index contributed by atoms with van der Waals surface area (Å²) in [7, 11) is 1.64. The molecule has 0 heterocycles. The molecule has 0 amide bonds. The lowest BCUT2D eigenvalue weighted by molar-refractivity contribution is 0.104. The molecule has 0 aliphatic carbocycles. The zero-order valence-electron chi connectivity index (χ0n) is 15.5. The van der Waals surface area contributed by atoms with Crippen molar-refractivity contribution in [2.45, 2.75) is 5.75 Å². The molecule has 0 fully saturated rings. The number of hydrogen-bond acceptors (Lipinski definition) is 3. The smallest absolute Gasteiger partial charge is 0.200 e. The van der Waals surface area contributed by atoms with Crippen LogP contribution in [0.1, 0.15) is 21.5 Å². The lowest BCUT2D eigenvalue weighted by atomic mass is 10.1. The van der Waals surface area contributed by atoms with E-state index in [2.05, 4.69) is 38.5 Å². The van der Waals surface area contributed by atoms with Crippen LogP contribution in [0.4, 0.5) is 0 Å². The van der Waals surface area contributed by atoms with Gasteiger partial charge in [0, 0.05) is 24.4 Å². The Morgan fingerprint density at radius 2 is 1.55 bits per heavy atom. The molecule has 0 aromatic heterocycles. The standard InChI is InChI=1S/C23H17BrClIO2S/c1-28-20-12-6-16(7-13-20)21(26)23(22(27)17-4-8-18(24)9-5-17)29-14-15-2-10-19(25)11-3-15/h2-13H,14H2,1H3. The fourth-order valence-corrected chi connectivity index (χ4v) is 5.02. The van der Waals surface area contributed by atoms with Gasteiger partial charge in [0.1, 0.15) is 5.75 Å². The predicted molar refractivity (Wildman–Crippen MR) is 135 cm³/mol. The van der Waals surface area contributed by atoms with Crippen molar-refractivity contribution in [3.05, 3.63) is 104 Å². The van der Waals surface area contributed by atoms with Crippen LogP contribution in [0.15, 0.2) is 82.2 Å². The van der Waals surface area contributed by atoms with Gasteiger partial charge in [-0.1, -0.05) is 51.8 Å². The van der Waals surface area contributed by atoms with Crippen LogP contribution in [0, 0.1) is 0 Å². The lowest BCUT2D eigenvalue weighted by Gasteiger charge is -2.12. The van der Waals surface area contributed by atoms with Crippen molar-refractivity contribution in [2.24, 2.45) is 0 Å². The maximum absolute atomic E-state index is 13.3. The Morgan fingerprint density at radius 1 is 0.966 bits per heavy atom. The summed E-state index contributed by atoms with van der Waals surface area (Å²) >= 11 is 13.2. The van der Waals surface area contributed by atoms with Crippen LogP contribution in [0.3, 0.4) is 0 Å². The summed E-state index contributed by atoms with van der Waals surface area (Å²) < 4.78 is 7.10. The molecule has 6 heteroatoms. The number of ketones is 1. The van der Waals surface area contributed by atoms with Crippen LogP contribution in [0.2, 0.25) is 5.02 Å². The summed E-state index contributed by atoms with van der Waals surface area (Å²) in [5, 5.41) is 0.702. The number of halogens is 3. The van der Waals surface area contributed by atoms with Crippen molar-refractivity contribution in [1.82, 2.24) is 0 Å². The van der Waals surface area contributed by atoms with Crippen molar-refractivity contribution in [3.63, 3.8) is 0 Å². The highest BCUT2D eigenvalue weighted by molar-refractivity contribution is 14.1. The zero-order chi connectivity index (χ0) is 20.8. The third kappa shape index (κ3) is 6.10. The highest BCUT2D eigenvalue weighted by Crippen LogP contribution is 2.37. The molecule has 0 aliphatic rings. The van der Waals surface area contributed by atoms with E-state index in [4.69, 9.17) is 16.3 Å². The van der Waals surface area contributed by atoms with Gasteiger partial charge >= 0.3 is 0 Å². The quantitative estimate of drug-likeness (QED) is 0.156. The molecule has 0 saturated carbocycles. The van der Waals surface area contributed by atoms with Gasteiger partial charge in [-0.15, -0.1) is 11.8 Å². The summed E-state index contributed by atoms with van der Waals surface area (Å²) in [6.07, 6.45) is 0. The van der Waals surface area contributed by atoms with Crippen molar-refractivity contribution in [3.8, 4) is 5.75 Å². The number of thioether (sulfide) groups is 1. The van der Waals surface area contributed by atoms with Crippen molar-refractivity contribution < 1.29 is 9.53 Å². The van der Waals surface area contributed by atoms with E-state index in [1.807, 2.05) is 72.8 Å². The summed E-state index contributed by atoms with van der Waals surface area (Å²) in [5.41, 5.74) is 2.75. The number of rotatable bonds is 7. The molecule has 0 bridgehead atoms. The molecule has 0 unspecified atom stereocenters. The third-order valence-corrected chi connectivity index (χ3v) is 7.62. The third-order valence-electron chi connectivity index (χ3n) is 4.15. The maximum Gasteiger partial charge on any atom is 0.200 e. The maximum atomic E-state index is 13.3. The van der Waals surface area contributed by atoms with E-state index in [9.17, 15) is 4.79 Å². The Labute approximate surface area is 202 Å². The van der Waals surface area contributed by atoms with E-state index in [1.165, 1.54) is 11.8 Å². The Kier molecular flexibility index (Phi) is 8.24. The zero-order valence-corrected chi connectivity index (χ0v) is 20.8. The number of ether oxygens (including phenoxy) is 1. The predicted octanol–water partition coefficient (Wildman–Crippen LogP) is 8.03. The summed E-state index contributed by atoms with van der Waals surface area (Å²) in [6, 6.07) is 22.9. The average molecular weight is 600 g/mol. The van der Waals surface area contributed by atoms with Crippen molar-refractivity contribution in [1.29, 1.82) is 0 Å². The Bertz CT molecular complexity index is 1020. The number of carbonyl (C=O) groups is 1. The van der Waals surface area contributed by atoms with Gasteiger partial charge in [-0.05, 0) is 82.2 Å². The summed E-state index contributed by atoms with van der Waals surface area (Å²) in [4.78, 5) is 14.0. The molecule has 0 spiro atoms. The second kappa shape index (κ2) is 10.7. The minimum Gasteiger partial charge on any atom is -0.497 e. The molecular weight excluding hydrogens is 583 g/mol. The lowest BCUT2D eigenvalue weighted by Crippen LogP contribution is -2.03. The molecule has 0 N–H and O–H groups in total. The van der Waals surface area contributed by atoms with Gasteiger partial charge in [0.15, 0.2) is 5.78 Å². The topological polar surface area (TPSA) is 26.3 Å². The van der Waals surface area contributed by atoms with E-state index in [1.54, 1.807) is 7.11 Å². The molecule has 3 rings (SSSR count). The van der Waals surface area contributed by atoms with Gasteiger partial charge in [-0.25, -0.2) is 0 Å². The van der Waals surface area contributed by atoms with Crippen LogP contribution in [-0.4, -0.2) is 12.9 Å². The molecule has 0 aliphatic heterocycles. The average Bonchev–Trinajstić information content (AvgIpc) is 2.75. The molecule has 0 radical (unpaired) electrons. The summed E-state index contributed by atoms with van der Waals surface area (Å²) in [6.45, 7) is 0. The molecule has 0 atom stereocenters. The van der Waals surface area contributed by atoms with Crippen LogP contribution < -0.4 is 4.74 Å². The van der Waals surface area contributed by atoms with E-state index in [0.29, 0.717) is 21.2 Å². The highest BCUT2D eigenvalue weighted by atomic mass is 127. The molecule has 3 aromatic rings. The Morgan fingerprint density at radius 3 is 2.14 bits per heavy atom. The molecule has 0 saturated heterocycles. The normalized spacial score (nSPS) is 11.7. The molecule has 29 heavy (non-hydrogen) atoms. The van der Waals surface area contributed by atoms with Crippen LogP contribution in [0.5, 0.6) is 5.75 Å². The number of carbonyl (C=O) groups excluding carboxylic acids is 1. The van der Waals surface area contributed by atoms with Gasteiger partial charge in [0.2, 0.25) is 0 Å². The minimum atomic E-state index is 0.0108. The number of hydrogen-bond donors (Lipinski definition) is 0. The molecular formula is C23H17BrClIO2S. The van der Waals surface area contributed by atoms with E-state index in [0.717, 1.165) is 24.9 Å². The van der Waals surface area contributed by atoms with Crippen molar-refractivity contribution in [2.75, 3.05) is 7.11 Å². The molecule has 3 aromatic carbocycles. The Balaban J connectivity index is 1.95. The van der Waals surface area contributed by atoms with E-state index < -0.39 is 0 Å². The van der Waals surface area contributed by atoms with Gasteiger partial charge in [-0.2, -0.15) is 0 Å². The molecule has 2 nitrogen and oxygen atoms in total. The van der Waals surface area contributed by atoms with Gasteiger partial charge in [0.05, 0.1) is 12.0 Å². The van der Waals surface area contributed by atoms with Gasteiger partial charge in [-0.3, -0.25) is 4.79 Å². The first-order chi connectivity index (χ1) is 14.0. The number of methoxy groups -OCH3 is 1. The SMILES string of the molecule is COc1ccc(C(I)=C(SCc2ccc(Cl)cc2)C(=O)c2ccc(Br)cc2)cc1. The molecule has 148 valence electrons. The summed E-state index contributed by atoms with van der Waals surface area (Å²) in [5.74, 6) is 1.47. The number of benzene rings is 3. The van der Waals surface area contributed by atoms with Crippen LogP contribution >= 0.6 is 61.9 Å². The fraction of sp³-hybridized carbons (Fsp3) is 0.0870. The van der Waals surface area contributed by atoms with Gasteiger partial charge < -0.3 is 4.74 Å². The Hall–Kier alpha value is -1.28. The number of Topliss-reactive ketones (excluding diaryl/α,β-unsaturated/α-hetero) is 1. The first-order valence-corrected chi connectivity index (χ1v) is 11.9. The number of allylic oxidation sites excluding steroid dienone is 1. The first-order valence-electron chi connectivity index (χ1n) is 8.69. The first kappa shape index (κ1) is 22.4.